The zero-order chi connectivity index (χ0) is 12.7. The third-order valence-corrected chi connectivity index (χ3v) is 2.78. The van der Waals surface area contributed by atoms with Crippen molar-refractivity contribution in [2.45, 2.75) is 26.3 Å². The van der Waals surface area contributed by atoms with Crippen molar-refractivity contribution in [1.29, 1.82) is 5.26 Å². The van der Waals surface area contributed by atoms with Crippen molar-refractivity contribution < 1.29 is 0 Å². The van der Waals surface area contributed by atoms with Crippen molar-refractivity contribution in [2.75, 3.05) is 25.0 Å². The molecular formula is C14H21N3. The van der Waals surface area contributed by atoms with E-state index in [9.17, 15) is 0 Å². The quantitative estimate of drug-likeness (QED) is 0.816. The van der Waals surface area contributed by atoms with Gasteiger partial charge in [-0.1, -0.05) is 25.1 Å². The summed E-state index contributed by atoms with van der Waals surface area (Å²) in [4.78, 5) is 2.13. The van der Waals surface area contributed by atoms with Crippen LogP contribution in [0.4, 0.5) is 5.69 Å². The normalized spacial score (nSPS) is 11.9. The van der Waals surface area contributed by atoms with E-state index < -0.39 is 0 Å². The van der Waals surface area contributed by atoms with Crippen molar-refractivity contribution in [1.82, 2.24) is 5.32 Å². The van der Waals surface area contributed by atoms with Gasteiger partial charge in [-0.2, -0.15) is 5.26 Å². The first-order chi connectivity index (χ1) is 8.19. The maximum absolute atomic E-state index is 9.08. The Hall–Kier alpha value is -1.53. The first-order valence-electron chi connectivity index (χ1n) is 6.08. The lowest BCUT2D eigenvalue weighted by molar-refractivity contribution is 0.591. The molecule has 0 bridgehead atoms. The number of benzene rings is 1. The number of para-hydroxylation sites is 1. The second-order valence-electron chi connectivity index (χ2n) is 4.30. The van der Waals surface area contributed by atoms with Gasteiger partial charge in [0.1, 0.15) is 6.04 Å². The molecule has 0 aromatic heterocycles. The van der Waals surface area contributed by atoms with Gasteiger partial charge in [0.2, 0.25) is 0 Å². The van der Waals surface area contributed by atoms with Crippen LogP contribution in [0.2, 0.25) is 0 Å². The van der Waals surface area contributed by atoms with Crippen LogP contribution in [0.15, 0.2) is 24.3 Å². The summed E-state index contributed by atoms with van der Waals surface area (Å²) in [5.74, 6) is 0. The van der Waals surface area contributed by atoms with E-state index in [1.165, 1.54) is 11.3 Å². The van der Waals surface area contributed by atoms with Crippen LogP contribution >= 0.6 is 0 Å². The molecule has 3 nitrogen and oxygen atoms in total. The van der Waals surface area contributed by atoms with Gasteiger partial charge in [-0.25, -0.2) is 0 Å². The maximum Gasteiger partial charge on any atom is 0.113 e. The molecule has 1 N–H and O–H groups in total. The second-order valence-corrected chi connectivity index (χ2v) is 4.30. The lowest BCUT2D eigenvalue weighted by atomic mass is 10.1. The summed E-state index contributed by atoms with van der Waals surface area (Å²) in [5.41, 5.74) is 2.42. The van der Waals surface area contributed by atoms with Crippen molar-refractivity contribution in [2.24, 2.45) is 0 Å². The molecule has 0 fully saturated rings. The standard InChI is InChI=1S/C14H21N3/c1-4-9-16-13(10-15)11-17(3)14-8-6-5-7-12(14)2/h5-8,13,16H,4,9,11H2,1-3H3. The van der Waals surface area contributed by atoms with Crippen molar-refractivity contribution >= 4 is 5.69 Å². The van der Waals surface area contributed by atoms with Crippen molar-refractivity contribution in [3.05, 3.63) is 29.8 Å². The van der Waals surface area contributed by atoms with Gasteiger partial charge in [-0.3, -0.25) is 0 Å². The molecular weight excluding hydrogens is 210 g/mol. The minimum absolute atomic E-state index is 0.112. The first kappa shape index (κ1) is 13.5. The molecule has 0 heterocycles. The Kier molecular flexibility index (Phi) is 5.51. The topological polar surface area (TPSA) is 39.1 Å². The fourth-order valence-corrected chi connectivity index (χ4v) is 1.83. The second kappa shape index (κ2) is 6.93. The van der Waals surface area contributed by atoms with Gasteiger partial charge in [0.15, 0.2) is 0 Å². The molecule has 1 aromatic rings. The summed E-state index contributed by atoms with van der Waals surface area (Å²) in [6.07, 6.45) is 1.05. The lowest BCUT2D eigenvalue weighted by Gasteiger charge is -2.24. The minimum Gasteiger partial charge on any atom is -0.372 e. The van der Waals surface area contributed by atoms with E-state index in [2.05, 4.69) is 42.3 Å². The highest BCUT2D eigenvalue weighted by atomic mass is 15.1. The van der Waals surface area contributed by atoms with Crippen LogP contribution in [0.25, 0.3) is 0 Å². The number of nitrogens with one attached hydrogen (secondary N) is 1. The molecule has 0 aliphatic carbocycles. The summed E-state index contributed by atoms with van der Waals surface area (Å²) in [7, 11) is 2.03. The summed E-state index contributed by atoms with van der Waals surface area (Å²) >= 11 is 0. The molecule has 1 aromatic carbocycles. The fraction of sp³-hybridized carbons (Fsp3) is 0.500. The number of rotatable bonds is 6. The molecule has 0 radical (unpaired) electrons. The van der Waals surface area contributed by atoms with Crippen LogP contribution in [-0.2, 0) is 0 Å². The molecule has 0 aliphatic rings. The predicted molar refractivity (Wildman–Crippen MR) is 72.1 cm³/mol. The van der Waals surface area contributed by atoms with Gasteiger partial charge in [-0.15, -0.1) is 0 Å². The van der Waals surface area contributed by atoms with Crippen molar-refractivity contribution in [3.8, 4) is 6.07 Å². The van der Waals surface area contributed by atoms with E-state index in [4.69, 9.17) is 5.26 Å². The Morgan fingerprint density at radius 2 is 2.12 bits per heavy atom. The summed E-state index contributed by atoms with van der Waals surface area (Å²) < 4.78 is 0. The van der Waals surface area contributed by atoms with Crippen molar-refractivity contribution in [3.63, 3.8) is 0 Å². The predicted octanol–water partition coefficient (Wildman–Crippen LogP) is 2.32. The largest absolute Gasteiger partial charge is 0.372 e. The Bertz CT molecular complexity index is 381. The van der Waals surface area contributed by atoms with Crippen LogP contribution in [0.5, 0.6) is 0 Å². The molecule has 0 aliphatic heterocycles. The van der Waals surface area contributed by atoms with E-state index in [-0.39, 0.29) is 6.04 Å². The number of hydrogen-bond acceptors (Lipinski definition) is 3. The van der Waals surface area contributed by atoms with Gasteiger partial charge in [0, 0.05) is 19.3 Å². The molecule has 0 amide bonds. The van der Waals surface area contributed by atoms with E-state index in [1.807, 2.05) is 19.2 Å². The number of aryl methyl sites for hydroxylation is 1. The highest BCUT2D eigenvalue weighted by Crippen LogP contribution is 2.17. The van der Waals surface area contributed by atoms with Crippen LogP contribution in [-0.4, -0.2) is 26.2 Å². The van der Waals surface area contributed by atoms with Crippen LogP contribution < -0.4 is 10.2 Å². The van der Waals surface area contributed by atoms with Crippen LogP contribution in [0, 0.1) is 18.3 Å². The van der Waals surface area contributed by atoms with Gasteiger partial charge >= 0.3 is 0 Å². The van der Waals surface area contributed by atoms with E-state index in [0.717, 1.165) is 13.0 Å². The third-order valence-electron chi connectivity index (χ3n) is 2.78. The average Bonchev–Trinajstić information content (AvgIpc) is 2.34. The molecule has 17 heavy (non-hydrogen) atoms. The number of nitrogens with zero attached hydrogens (tertiary/aromatic N) is 2. The number of likely N-dealkylation sites (N-methyl/N-ethyl adjacent to an activating group) is 1. The zero-order valence-electron chi connectivity index (χ0n) is 10.9. The van der Waals surface area contributed by atoms with E-state index >= 15 is 0 Å². The van der Waals surface area contributed by atoms with Crippen LogP contribution in [0.1, 0.15) is 18.9 Å². The molecule has 0 saturated carbocycles. The smallest absolute Gasteiger partial charge is 0.113 e. The van der Waals surface area contributed by atoms with Gasteiger partial charge in [-0.05, 0) is 31.5 Å². The van der Waals surface area contributed by atoms with Crippen LogP contribution in [0.3, 0.4) is 0 Å². The Morgan fingerprint density at radius 1 is 1.41 bits per heavy atom. The minimum atomic E-state index is -0.112. The van der Waals surface area contributed by atoms with E-state index in [0.29, 0.717) is 6.54 Å². The molecule has 1 atom stereocenters. The summed E-state index contributed by atoms with van der Waals surface area (Å²) in [5, 5.41) is 12.3. The molecule has 3 heteroatoms. The monoisotopic (exact) mass is 231 g/mol. The highest BCUT2D eigenvalue weighted by Gasteiger charge is 2.11. The summed E-state index contributed by atoms with van der Waals surface area (Å²) in [6, 6.07) is 10.4. The first-order valence-corrected chi connectivity index (χ1v) is 6.08. The summed E-state index contributed by atoms with van der Waals surface area (Å²) in [6.45, 7) is 5.79. The number of anilines is 1. The molecule has 92 valence electrons. The third kappa shape index (κ3) is 4.08. The van der Waals surface area contributed by atoms with E-state index in [1.54, 1.807) is 0 Å². The fourth-order valence-electron chi connectivity index (χ4n) is 1.83. The zero-order valence-corrected chi connectivity index (χ0v) is 10.9. The Balaban J connectivity index is 2.62. The number of hydrogen-bond donors (Lipinski definition) is 1. The highest BCUT2D eigenvalue weighted by molar-refractivity contribution is 5.52. The molecule has 0 spiro atoms. The Morgan fingerprint density at radius 3 is 2.71 bits per heavy atom. The van der Waals surface area contributed by atoms with Gasteiger partial charge in [0.05, 0.1) is 6.07 Å². The number of nitriles is 1. The van der Waals surface area contributed by atoms with Gasteiger partial charge in [0.25, 0.3) is 0 Å². The lowest BCUT2D eigenvalue weighted by Crippen LogP contribution is -2.39. The molecule has 0 saturated heterocycles. The van der Waals surface area contributed by atoms with Gasteiger partial charge < -0.3 is 10.2 Å². The molecule has 1 rings (SSSR count). The average molecular weight is 231 g/mol. The molecule has 1 unspecified atom stereocenters. The maximum atomic E-state index is 9.08. The Labute approximate surface area is 104 Å². The SMILES string of the molecule is CCCNC(C#N)CN(C)c1ccccc1C.